The fourth-order valence-corrected chi connectivity index (χ4v) is 10.4. The Morgan fingerprint density at radius 3 is 1.39 bits per heavy atom. The lowest BCUT2D eigenvalue weighted by Gasteiger charge is -2.11. The van der Waals surface area contributed by atoms with Gasteiger partial charge >= 0.3 is 0 Å². The number of pyridine rings is 1. The topological polar surface area (TPSA) is 40.8 Å². The van der Waals surface area contributed by atoms with Crippen LogP contribution in [0.15, 0.2) is 223 Å². The van der Waals surface area contributed by atoms with E-state index >= 15 is 0 Å². The van der Waals surface area contributed by atoms with Crippen molar-refractivity contribution >= 4 is 87.5 Å². The summed E-state index contributed by atoms with van der Waals surface area (Å²) in [7, 11) is 0. The van der Waals surface area contributed by atoms with Crippen LogP contribution >= 0.6 is 0 Å². The molecule has 0 atom stereocenters. The minimum Gasteiger partial charge on any atom is -0.454 e. The molecule has 0 amide bonds. The number of hydrogen-bond acceptors (Lipinski definition) is 2. The molecule has 0 aliphatic heterocycles. The first-order valence-corrected chi connectivity index (χ1v) is 21.8. The lowest BCUT2D eigenvalue weighted by molar-refractivity contribution is 0.668. The largest absolute Gasteiger partial charge is 0.454 e. The third kappa shape index (κ3) is 5.09. The van der Waals surface area contributed by atoms with Gasteiger partial charge in [0.2, 0.25) is 0 Å². The van der Waals surface area contributed by atoms with Crippen LogP contribution in [0.4, 0.5) is 0 Å². The number of nitrogens with zero attached hydrogens (tertiary/aromatic N) is 4. The maximum atomic E-state index is 6.09. The number of aromatic nitrogens is 4. The van der Waals surface area contributed by atoms with Crippen molar-refractivity contribution in [2.24, 2.45) is 0 Å². The molecule has 0 bridgehead atoms. The molecule has 5 nitrogen and oxygen atoms in total. The van der Waals surface area contributed by atoms with E-state index in [0.29, 0.717) is 0 Å². The highest BCUT2D eigenvalue weighted by molar-refractivity contribution is 6.14. The maximum absolute atomic E-state index is 6.09. The van der Waals surface area contributed by atoms with Gasteiger partial charge in [0.05, 0.1) is 33.1 Å². The smallest absolute Gasteiger partial charge is 0.153 e. The van der Waals surface area contributed by atoms with Gasteiger partial charge in [0.1, 0.15) is 11.1 Å². The third-order valence-electron chi connectivity index (χ3n) is 13.3. The summed E-state index contributed by atoms with van der Waals surface area (Å²) in [5.74, 6) is 0. The van der Waals surface area contributed by atoms with E-state index in [1.165, 1.54) is 76.5 Å². The van der Waals surface area contributed by atoms with Crippen LogP contribution in [0.5, 0.6) is 0 Å². The van der Waals surface area contributed by atoms with Crippen LogP contribution in [0.2, 0.25) is 0 Å². The molecule has 0 N–H and O–H groups in total. The van der Waals surface area contributed by atoms with E-state index in [2.05, 4.69) is 219 Å². The Morgan fingerprint density at radius 2 is 0.750 bits per heavy atom. The number of para-hydroxylation sites is 4. The highest BCUT2D eigenvalue weighted by Gasteiger charge is 2.19. The molecular weight excluding hydrogens is 781 g/mol. The number of furan rings is 1. The molecule has 14 aromatic rings. The van der Waals surface area contributed by atoms with Gasteiger partial charge in [-0.2, -0.15) is 0 Å². The summed E-state index contributed by atoms with van der Waals surface area (Å²) in [5, 5.41) is 8.42. The fraction of sp³-hybridized carbons (Fsp3) is 0. The molecule has 0 saturated heterocycles. The Kier molecular flexibility index (Phi) is 7.33. The SMILES string of the molecule is c1ccc(-n2c3ccccc3c3cc(-n4c5ccccc5c5cc(-c6ccc7c(c6)c6ccccc6n7-c6cccc(-c7ccc8oc9cccnc9c8c7)c6)ccc54)ccc32)cc1. The second-order valence-electron chi connectivity index (χ2n) is 16.8. The van der Waals surface area contributed by atoms with Gasteiger partial charge in [-0.25, -0.2) is 0 Å². The van der Waals surface area contributed by atoms with Crippen molar-refractivity contribution in [3.05, 3.63) is 219 Å². The summed E-state index contributed by atoms with van der Waals surface area (Å²) in [6.45, 7) is 0. The molecule has 5 heteroatoms. The molecule has 0 aliphatic carbocycles. The van der Waals surface area contributed by atoms with E-state index in [1.807, 2.05) is 18.3 Å². The predicted octanol–water partition coefficient (Wildman–Crippen LogP) is 15.6. The summed E-state index contributed by atoms with van der Waals surface area (Å²) >= 11 is 0. The molecule has 5 heterocycles. The van der Waals surface area contributed by atoms with Crippen molar-refractivity contribution in [2.75, 3.05) is 0 Å². The Labute approximate surface area is 366 Å². The van der Waals surface area contributed by atoms with Gasteiger partial charge in [-0.05, 0) is 131 Å². The number of hydrogen-bond donors (Lipinski definition) is 0. The molecule has 0 saturated carbocycles. The second-order valence-corrected chi connectivity index (χ2v) is 16.8. The molecule has 0 fully saturated rings. The van der Waals surface area contributed by atoms with E-state index in [9.17, 15) is 0 Å². The molecule has 0 radical (unpaired) electrons. The highest BCUT2D eigenvalue weighted by atomic mass is 16.3. The number of benzene rings is 9. The molecular formula is C59H36N4O. The molecule has 0 unspecified atom stereocenters. The fourth-order valence-electron chi connectivity index (χ4n) is 10.4. The zero-order chi connectivity index (χ0) is 41.9. The zero-order valence-corrected chi connectivity index (χ0v) is 34.5. The molecule has 0 aliphatic rings. The Hall–Kier alpha value is -8.67. The van der Waals surface area contributed by atoms with Crippen LogP contribution in [-0.4, -0.2) is 18.7 Å². The lowest BCUT2D eigenvalue weighted by atomic mass is 10.0. The van der Waals surface area contributed by atoms with Gasteiger partial charge < -0.3 is 18.1 Å². The average Bonchev–Trinajstić information content (AvgIpc) is 4.10. The predicted molar refractivity (Wildman–Crippen MR) is 265 cm³/mol. The van der Waals surface area contributed by atoms with Crippen LogP contribution in [0.25, 0.3) is 127 Å². The van der Waals surface area contributed by atoms with Crippen LogP contribution in [0.1, 0.15) is 0 Å². The normalized spacial score (nSPS) is 12.1. The summed E-state index contributed by atoms with van der Waals surface area (Å²) in [6, 6.07) is 76.9. The standard InChI is InChI=1S/C59H36N4O/c1-2-13-41(14-3-1)61-51-19-7-6-18-46(51)49-36-43(26-29-56(49)61)63-53-21-9-5-17-45(53)48-34-39(24-28-55(48)63)38-23-27-54-47(33-38)44-16-4-8-20-52(44)62(54)42-15-10-12-37(32-42)40-25-30-57-50(35-40)59-58(64-57)22-11-31-60-59/h1-36H. The van der Waals surface area contributed by atoms with Gasteiger partial charge in [0.15, 0.2) is 5.58 Å². The molecule has 298 valence electrons. The van der Waals surface area contributed by atoms with Crippen LogP contribution in [0, 0.1) is 0 Å². The van der Waals surface area contributed by atoms with Crippen molar-refractivity contribution in [3.8, 4) is 39.3 Å². The Morgan fingerprint density at radius 1 is 0.281 bits per heavy atom. The van der Waals surface area contributed by atoms with E-state index < -0.39 is 0 Å². The summed E-state index contributed by atoms with van der Waals surface area (Å²) in [4.78, 5) is 4.63. The van der Waals surface area contributed by atoms with Gasteiger partial charge in [-0.1, -0.05) is 103 Å². The van der Waals surface area contributed by atoms with E-state index in [0.717, 1.165) is 50.3 Å². The van der Waals surface area contributed by atoms with Gasteiger partial charge in [0, 0.05) is 61.0 Å². The van der Waals surface area contributed by atoms with Crippen molar-refractivity contribution in [1.29, 1.82) is 0 Å². The first kappa shape index (κ1) is 35.0. The Bertz CT molecular complexity index is 4200. The van der Waals surface area contributed by atoms with Gasteiger partial charge in [-0.3, -0.25) is 4.98 Å². The molecule has 5 aromatic heterocycles. The van der Waals surface area contributed by atoms with Gasteiger partial charge in [0.25, 0.3) is 0 Å². The van der Waals surface area contributed by atoms with Crippen molar-refractivity contribution in [3.63, 3.8) is 0 Å². The maximum Gasteiger partial charge on any atom is 0.153 e. The summed E-state index contributed by atoms with van der Waals surface area (Å²) in [6.07, 6.45) is 1.82. The van der Waals surface area contributed by atoms with E-state index in [-0.39, 0.29) is 0 Å². The first-order valence-electron chi connectivity index (χ1n) is 21.8. The second kappa shape index (κ2) is 13.4. The minimum atomic E-state index is 0.803. The van der Waals surface area contributed by atoms with Crippen molar-refractivity contribution < 1.29 is 4.42 Å². The molecule has 14 rings (SSSR count). The van der Waals surface area contributed by atoms with Crippen molar-refractivity contribution in [2.45, 2.75) is 0 Å². The van der Waals surface area contributed by atoms with E-state index in [1.54, 1.807) is 0 Å². The highest BCUT2D eigenvalue weighted by Crippen LogP contribution is 2.41. The summed E-state index contributed by atoms with van der Waals surface area (Å²) < 4.78 is 13.3. The minimum absolute atomic E-state index is 0.803. The van der Waals surface area contributed by atoms with Crippen molar-refractivity contribution in [1.82, 2.24) is 18.7 Å². The lowest BCUT2D eigenvalue weighted by Crippen LogP contribution is -1.95. The third-order valence-corrected chi connectivity index (χ3v) is 13.3. The van der Waals surface area contributed by atoms with E-state index in [4.69, 9.17) is 4.42 Å². The summed E-state index contributed by atoms with van der Waals surface area (Å²) in [5.41, 5.74) is 17.7. The molecule has 9 aromatic carbocycles. The molecule has 64 heavy (non-hydrogen) atoms. The monoisotopic (exact) mass is 816 g/mol. The van der Waals surface area contributed by atoms with Crippen LogP contribution < -0.4 is 0 Å². The number of rotatable bonds is 5. The average molecular weight is 817 g/mol. The first-order chi connectivity index (χ1) is 31.7. The molecule has 0 spiro atoms. The Balaban J connectivity index is 0.891. The van der Waals surface area contributed by atoms with Gasteiger partial charge in [-0.15, -0.1) is 0 Å². The number of fused-ring (bicyclic) bond motifs is 12. The van der Waals surface area contributed by atoms with Crippen LogP contribution in [-0.2, 0) is 0 Å². The zero-order valence-electron chi connectivity index (χ0n) is 34.5. The quantitative estimate of drug-likeness (QED) is 0.174. The van der Waals surface area contributed by atoms with Crippen LogP contribution in [0.3, 0.4) is 0 Å².